The summed E-state index contributed by atoms with van der Waals surface area (Å²) in [7, 11) is 0. The number of aromatic nitrogens is 1. The fourth-order valence-corrected chi connectivity index (χ4v) is 2.91. The van der Waals surface area contributed by atoms with Gasteiger partial charge in [0.1, 0.15) is 5.82 Å². The van der Waals surface area contributed by atoms with Crippen LogP contribution in [-0.2, 0) is 4.79 Å². The lowest BCUT2D eigenvalue weighted by Gasteiger charge is -2.33. The molecule has 7 heteroatoms. The van der Waals surface area contributed by atoms with Gasteiger partial charge in [-0.15, -0.1) is 0 Å². The number of carbonyl (C=O) groups excluding carboxylic acids is 1. The van der Waals surface area contributed by atoms with Crippen LogP contribution in [0.25, 0.3) is 10.8 Å². The van der Waals surface area contributed by atoms with Crippen molar-refractivity contribution in [3.63, 3.8) is 0 Å². The number of benzene rings is 1. The molecule has 6 nitrogen and oxygen atoms in total. The maximum Gasteiger partial charge on any atom is 0.404 e. The summed E-state index contributed by atoms with van der Waals surface area (Å²) in [5.41, 5.74) is 0. The van der Waals surface area contributed by atoms with Crippen molar-refractivity contribution in [1.29, 1.82) is 0 Å². The van der Waals surface area contributed by atoms with E-state index >= 15 is 0 Å². The number of hydrogen-bond acceptors (Lipinski definition) is 3. The van der Waals surface area contributed by atoms with Crippen molar-refractivity contribution in [2.24, 2.45) is 5.92 Å². The van der Waals surface area contributed by atoms with Crippen molar-refractivity contribution >= 4 is 44.5 Å². The lowest BCUT2D eigenvalue weighted by Crippen LogP contribution is -2.47. The fraction of sp³-hybridized carbons (Fsp3) is 0.267. The van der Waals surface area contributed by atoms with Gasteiger partial charge in [0.2, 0.25) is 5.91 Å². The number of nitrogens with one attached hydrogen (secondary N) is 2. The number of fused-ring (bicyclic) bond motifs is 1. The molecule has 114 valence electrons. The van der Waals surface area contributed by atoms with Crippen molar-refractivity contribution in [2.45, 2.75) is 18.9 Å². The first-order valence-electron chi connectivity index (χ1n) is 6.87. The van der Waals surface area contributed by atoms with E-state index in [0.717, 1.165) is 15.2 Å². The molecular weight excluding hydrogens is 350 g/mol. The lowest BCUT2D eigenvalue weighted by molar-refractivity contribution is -0.122. The van der Waals surface area contributed by atoms with Crippen LogP contribution in [0.1, 0.15) is 12.8 Å². The zero-order valence-corrected chi connectivity index (χ0v) is 13.1. The van der Waals surface area contributed by atoms with Crippen LogP contribution in [-0.4, -0.2) is 28.1 Å². The van der Waals surface area contributed by atoms with Gasteiger partial charge in [0, 0.05) is 28.0 Å². The van der Waals surface area contributed by atoms with E-state index in [1.54, 1.807) is 6.20 Å². The molecule has 1 aromatic heterocycles. The van der Waals surface area contributed by atoms with Gasteiger partial charge in [-0.1, -0.05) is 22.0 Å². The second kappa shape index (κ2) is 5.92. The first-order valence-corrected chi connectivity index (χ1v) is 7.66. The number of anilines is 1. The maximum absolute atomic E-state index is 12.1. The average Bonchev–Trinajstić information content (AvgIpc) is 2.41. The normalized spacial score (nSPS) is 20.2. The van der Waals surface area contributed by atoms with E-state index in [4.69, 9.17) is 5.11 Å². The maximum atomic E-state index is 12.1. The van der Waals surface area contributed by atoms with Gasteiger partial charge in [-0.25, -0.2) is 9.78 Å². The highest BCUT2D eigenvalue weighted by atomic mass is 79.9. The molecule has 0 unspecified atom stereocenters. The molecule has 0 spiro atoms. The first kappa shape index (κ1) is 14.8. The minimum atomic E-state index is -1.05. The smallest absolute Gasteiger partial charge is 0.404 e. The number of hydrogen-bond donors (Lipinski definition) is 3. The number of carbonyl (C=O) groups is 2. The quantitative estimate of drug-likeness (QED) is 0.781. The number of halogens is 1. The van der Waals surface area contributed by atoms with Crippen molar-refractivity contribution in [3.8, 4) is 0 Å². The lowest BCUT2D eigenvalue weighted by atomic mass is 9.79. The Kier molecular flexibility index (Phi) is 3.98. The van der Waals surface area contributed by atoms with Gasteiger partial charge in [0.15, 0.2) is 0 Å². The van der Waals surface area contributed by atoms with E-state index in [1.807, 2.05) is 24.3 Å². The van der Waals surface area contributed by atoms with Crippen molar-refractivity contribution in [2.75, 3.05) is 5.32 Å². The standard InChI is InChI=1S/C15H14BrN3O3/c16-11-2-1-8-7-17-13(6-9(8)3-11)19-14(20)10-4-12(5-10)18-15(21)22/h1-3,6-7,10,12,18H,4-5H2,(H,21,22)(H,17,19,20)/t10-,12-. The minimum Gasteiger partial charge on any atom is -0.465 e. The Morgan fingerprint density at radius 2 is 2.00 bits per heavy atom. The van der Waals surface area contributed by atoms with Crippen LogP contribution in [0.2, 0.25) is 0 Å². The third-order valence-corrected chi connectivity index (χ3v) is 4.26. The summed E-state index contributed by atoms with van der Waals surface area (Å²) in [6, 6.07) is 7.54. The van der Waals surface area contributed by atoms with Crippen molar-refractivity contribution in [1.82, 2.24) is 10.3 Å². The Morgan fingerprint density at radius 3 is 2.73 bits per heavy atom. The van der Waals surface area contributed by atoms with Crippen LogP contribution in [0.5, 0.6) is 0 Å². The molecule has 3 N–H and O–H groups in total. The molecule has 1 aliphatic rings. The van der Waals surface area contributed by atoms with Gasteiger partial charge in [-0.2, -0.15) is 0 Å². The molecule has 22 heavy (non-hydrogen) atoms. The molecule has 1 saturated carbocycles. The number of carboxylic acid groups (broad SMARTS) is 1. The Hall–Kier alpha value is -2.15. The van der Waals surface area contributed by atoms with Crippen LogP contribution in [0.15, 0.2) is 34.9 Å². The number of rotatable bonds is 3. The van der Waals surface area contributed by atoms with Crippen molar-refractivity contribution in [3.05, 3.63) is 34.9 Å². The predicted molar refractivity (Wildman–Crippen MR) is 85.7 cm³/mol. The molecule has 0 bridgehead atoms. The summed E-state index contributed by atoms with van der Waals surface area (Å²) in [6.45, 7) is 0. The topological polar surface area (TPSA) is 91.3 Å². The monoisotopic (exact) mass is 363 g/mol. The van der Waals surface area contributed by atoms with Crippen LogP contribution in [0, 0.1) is 5.92 Å². The zero-order valence-electron chi connectivity index (χ0n) is 11.5. The SMILES string of the molecule is O=C(O)N[C@H]1C[C@H](C(=O)Nc2cc3cc(Br)ccc3cn2)C1. The molecule has 0 radical (unpaired) electrons. The Bertz CT molecular complexity index is 744. The summed E-state index contributed by atoms with van der Waals surface area (Å²) in [5.74, 6) is 0.215. The van der Waals surface area contributed by atoms with Gasteiger partial charge >= 0.3 is 6.09 Å². The van der Waals surface area contributed by atoms with Crippen molar-refractivity contribution < 1.29 is 14.7 Å². The van der Waals surface area contributed by atoms with E-state index in [1.165, 1.54) is 0 Å². The molecule has 1 heterocycles. The van der Waals surface area contributed by atoms with Gasteiger partial charge in [0.05, 0.1) is 0 Å². The van der Waals surface area contributed by atoms with E-state index in [2.05, 4.69) is 31.5 Å². The zero-order chi connectivity index (χ0) is 15.7. The Labute approximate surface area is 135 Å². The molecule has 0 aliphatic heterocycles. The molecular formula is C15H14BrN3O3. The minimum absolute atomic E-state index is 0.120. The number of pyridine rings is 1. The summed E-state index contributed by atoms with van der Waals surface area (Å²) in [5, 5.41) is 15.8. The summed E-state index contributed by atoms with van der Waals surface area (Å²) < 4.78 is 0.963. The van der Waals surface area contributed by atoms with Crippen LogP contribution in [0.4, 0.5) is 10.6 Å². The molecule has 2 amide bonds. The van der Waals surface area contributed by atoms with Gasteiger partial charge in [-0.05, 0) is 36.4 Å². The van der Waals surface area contributed by atoms with Gasteiger partial charge < -0.3 is 15.7 Å². The molecule has 3 rings (SSSR count). The van der Waals surface area contributed by atoms with Gasteiger partial charge in [-0.3, -0.25) is 4.79 Å². The van der Waals surface area contributed by atoms with Crippen LogP contribution < -0.4 is 10.6 Å². The second-order valence-corrected chi connectivity index (χ2v) is 6.28. The Balaban J connectivity index is 1.64. The third kappa shape index (κ3) is 3.19. The Morgan fingerprint density at radius 1 is 1.23 bits per heavy atom. The average molecular weight is 364 g/mol. The van der Waals surface area contributed by atoms with Crippen LogP contribution in [0.3, 0.4) is 0 Å². The highest BCUT2D eigenvalue weighted by molar-refractivity contribution is 9.10. The highest BCUT2D eigenvalue weighted by Gasteiger charge is 2.35. The van der Waals surface area contributed by atoms with E-state index in [-0.39, 0.29) is 17.9 Å². The fourth-order valence-electron chi connectivity index (χ4n) is 2.53. The van der Waals surface area contributed by atoms with Crippen LogP contribution >= 0.6 is 15.9 Å². The molecule has 2 aromatic rings. The molecule has 1 aromatic carbocycles. The molecule has 0 atom stereocenters. The molecule has 1 fully saturated rings. The predicted octanol–water partition coefficient (Wildman–Crippen LogP) is 2.98. The van der Waals surface area contributed by atoms with E-state index in [0.29, 0.717) is 18.7 Å². The summed E-state index contributed by atoms with van der Waals surface area (Å²) in [6.07, 6.45) is 1.72. The third-order valence-electron chi connectivity index (χ3n) is 3.77. The summed E-state index contributed by atoms with van der Waals surface area (Å²) in [4.78, 5) is 26.8. The number of nitrogens with zero attached hydrogens (tertiary/aromatic N) is 1. The van der Waals surface area contributed by atoms with Gasteiger partial charge in [0.25, 0.3) is 0 Å². The van der Waals surface area contributed by atoms with E-state index in [9.17, 15) is 9.59 Å². The number of amides is 2. The van der Waals surface area contributed by atoms with E-state index < -0.39 is 6.09 Å². The highest BCUT2D eigenvalue weighted by Crippen LogP contribution is 2.29. The first-order chi connectivity index (χ1) is 10.5. The molecule has 0 saturated heterocycles. The second-order valence-electron chi connectivity index (χ2n) is 5.37. The molecule has 1 aliphatic carbocycles. The largest absolute Gasteiger partial charge is 0.465 e. The summed E-state index contributed by atoms with van der Waals surface area (Å²) >= 11 is 3.41.